The molecule has 6 nitrogen and oxygen atoms in total. The van der Waals surface area contributed by atoms with Gasteiger partial charge in [-0.05, 0) is 31.2 Å². The van der Waals surface area contributed by atoms with Gasteiger partial charge in [0.1, 0.15) is 5.76 Å². The third-order valence-corrected chi connectivity index (χ3v) is 4.05. The van der Waals surface area contributed by atoms with Crippen LogP contribution in [-0.4, -0.2) is 29.0 Å². The van der Waals surface area contributed by atoms with E-state index in [2.05, 4.69) is 5.32 Å². The lowest BCUT2D eigenvalue weighted by molar-refractivity contribution is -0.128. The standard InChI is InChI=1S/C18H18N2O4/c1-12(21)13-4-2-5-15(8-13)19-18(23)14-9-17(22)20(10-14)11-16-6-3-7-24-16/h2-8,14H,9-11H2,1H3,(H,19,23)/t14-/m0/s1. The van der Waals surface area contributed by atoms with Gasteiger partial charge >= 0.3 is 0 Å². The minimum atomic E-state index is -0.409. The number of benzene rings is 1. The monoisotopic (exact) mass is 326 g/mol. The highest BCUT2D eigenvalue weighted by Gasteiger charge is 2.34. The molecule has 2 amide bonds. The minimum absolute atomic E-state index is 0.0632. The number of Topliss-reactive ketones (excluding diaryl/α,β-unsaturated/α-hetero) is 1. The van der Waals surface area contributed by atoms with Crippen LogP contribution in [0.25, 0.3) is 0 Å². The summed E-state index contributed by atoms with van der Waals surface area (Å²) in [5, 5.41) is 2.79. The van der Waals surface area contributed by atoms with Crippen molar-refractivity contribution in [1.82, 2.24) is 4.90 Å². The first-order valence-corrected chi connectivity index (χ1v) is 7.75. The molecular formula is C18H18N2O4. The molecule has 0 radical (unpaired) electrons. The summed E-state index contributed by atoms with van der Waals surface area (Å²) < 4.78 is 5.24. The van der Waals surface area contributed by atoms with Gasteiger partial charge in [0.05, 0.1) is 18.7 Å². The van der Waals surface area contributed by atoms with E-state index in [4.69, 9.17) is 4.42 Å². The zero-order chi connectivity index (χ0) is 17.1. The Hall–Kier alpha value is -2.89. The van der Waals surface area contributed by atoms with Crippen LogP contribution in [0, 0.1) is 5.92 Å². The molecule has 1 atom stereocenters. The molecule has 0 unspecified atom stereocenters. The van der Waals surface area contributed by atoms with Gasteiger partial charge in [0, 0.05) is 24.2 Å². The number of hydrogen-bond acceptors (Lipinski definition) is 4. The molecule has 6 heteroatoms. The summed E-state index contributed by atoms with van der Waals surface area (Å²) in [6.45, 7) is 2.20. The van der Waals surface area contributed by atoms with E-state index in [0.717, 1.165) is 0 Å². The van der Waals surface area contributed by atoms with Crippen molar-refractivity contribution in [2.75, 3.05) is 11.9 Å². The second-order valence-electron chi connectivity index (χ2n) is 5.88. The zero-order valence-electron chi connectivity index (χ0n) is 13.3. The second kappa shape index (κ2) is 6.70. The van der Waals surface area contributed by atoms with Crippen LogP contribution < -0.4 is 5.32 Å². The number of carbonyl (C=O) groups is 3. The molecule has 0 saturated carbocycles. The van der Waals surface area contributed by atoms with E-state index in [0.29, 0.717) is 30.1 Å². The highest BCUT2D eigenvalue weighted by Crippen LogP contribution is 2.22. The molecule has 1 fully saturated rings. The Morgan fingerprint density at radius 2 is 2.12 bits per heavy atom. The Morgan fingerprint density at radius 1 is 1.29 bits per heavy atom. The Morgan fingerprint density at radius 3 is 2.83 bits per heavy atom. The first-order valence-electron chi connectivity index (χ1n) is 7.75. The molecule has 124 valence electrons. The quantitative estimate of drug-likeness (QED) is 0.856. The number of ketones is 1. The third kappa shape index (κ3) is 3.53. The van der Waals surface area contributed by atoms with E-state index in [9.17, 15) is 14.4 Å². The van der Waals surface area contributed by atoms with Crippen LogP contribution in [0.3, 0.4) is 0 Å². The molecule has 0 bridgehead atoms. The topological polar surface area (TPSA) is 79.6 Å². The van der Waals surface area contributed by atoms with Crippen molar-refractivity contribution in [3.8, 4) is 0 Å². The van der Waals surface area contributed by atoms with E-state index in [1.807, 2.05) is 0 Å². The number of hydrogen-bond donors (Lipinski definition) is 1. The number of anilines is 1. The van der Waals surface area contributed by atoms with E-state index < -0.39 is 5.92 Å². The lowest BCUT2D eigenvalue weighted by atomic mass is 10.1. The summed E-state index contributed by atoms with van der Waals surface area (Å²) in [7, 11) is 0. The van der Waals surface area contributed by atoms with Crippen LogP contribution in [0.15, 0.2) is 47.1 Å². The highest BCUT2D eigenvalue weighted by molar-refractivity contribution is 5.99. The molecule has 24 heavy (non-hydrogen) atoms. The zero-order valence-corrected chi connectivity index (χ0v) is 13.3. The predicted molar refractivity (Wildman–Crippen MR) is 87.3 cm³/mol. The lowest BCUT2D eigenvalue weighted by Gasteiger charge is -2.15. The molecular weight excluding hydrogens is 308 g/mol. The van der Waals surface area contributed by atoms with Crippen molar-refractivity contribution in [2.45, 2.75) is 19.9 Å². The number of rotatable bonds is 5. The van der Waals surface area contributed by atoms with Crippen molar-refractivity contribution in [1.29, 1.82) is 0 Å². The first-order chi connectivity index (χ1) is 11.5. The van der Waals surface area contributed by atoms with Gasteiger partial charge in [-0.25, -0.2) is 0 Å². The maximum atomic E-state index is 12.4. The Bertz CT molecular complexity index is 767. The summed E-state index contributed by atoms with van der Waals surface area (Å²) in [5.74, 6) is -0.0613. The average molecular weight is 326 g/mol. The van der Waals surface area contributed by atoms with E-state index >= 15 is 0 Å². The van der Waals surface area contributed by atoms with E-state index in [1.54, 1.807) is 47.6 Å². The number of carbonyl (C=O) groups excluding carboxylic acids is 3. The van der Waals surface area contributed by atoms with Crippen molar-refractivity contribution < 1.29 is 18.8 Å². The highest BCUT2D eigenvalue weighted by atomic mass is 16.3. The smallest absolute Gasteiger partial charge is 0.229 e. The number of nitrogens with zero attached hydrogens (tertiary/aromatic N) is 1. The Labute approximate surface area is 139 Å². The van der Waals surface area contributed by atoms with Gasteiger partial charge in [-0.2, -0.15) is 0 Å². The molecule has 1 aliphatic rings. The van der Waals surface area contributed by atoms with Crippen LogP contribution >= 0.6 is 0 Å². The van der Waals surface area contributed by atoms with E-state index in [1.165, 1.54) is 6.92 Å². The SMILES string of the molecule is CC(=O)c1cccc(NC(=O)[C@H]2CC(=O)N(Cc3ccco3)C2)c1. The number of amides is 2. The summed E-state index contributed by atoms with van der Waals surface area (Å²) in [4.78, 5) is 37.5. The molecule has 0 aliphatic carbocycles. The van der Waals surface area contributed by atoms with Crippen molar-refractivity contribution in [3.63, 3.8) is 0 Å². The fraction of sp³-hybridized carbons (Fsp3) is 0.278. The maximum Gasteiger partial charge on any atom is 0.229 e. The molecule has 1 N–H and O–H groups in total. The molecule has 1 aliphatic heterocycles. The minimum Gasteiger partial charge on any atom is -0.467 e. The molecule has 1 saturated heterocycles. The maximum absolute atomic E-state index is 12.4. The van der Waals surface area contributed by atoms with Gasteiger partial charge in [-0.15, -0.1) is 0 Å². The Balaban J connectivity index is 1.62. The summed E-state index contributed by atoms with van der Waals surface area (Å²) >= 11 is 0. The van der Waals surface area contributed by atoms with E-state index in [-0.39, 0.29) is 24.0 Å². The van der Waals surface area contributed by atoms with Crippen LogP contribution in [0.1, 0.15) is 29.5 Å². The first kappa shape index (κ1) is 16.0. The van der Waals surface area contributed by atoms with Crippen LogP contribution in [-0.2, 0) is 16.1 Å². The molecule has 1 aromatic heterocycles. The van der Waals surface area contributed by atoms with Crippen molar-refractivity contribution in [3.05, 3.63) is 54.0 Å². The lowest BCUT2D eigenvalue weighted by Crippen LogP contribution is -2.27. The van der Waals surface area contributed by atoms with Gasteiger partial charge in [0.2, 0.25) is 11.8 Å². The van der Waals surface area contributed by atoms with Crippen LogP contribution in [0.5, 0.6) is 0 Å². The Kier molecular flexibility index (Phi) is 4.46. The molecule has 2 aromatic rings. The van der Waals surface area contributed by atoms with Crippen molar-refractivity contribution in [2.24, 2.45) is 5.92 Å². The number of nitrogens with one attached hydrogen (secondary N) is 1. The molecule has 1 aromatic carbocycles. The van der Waals surface area contributed by atoms with Crippen LogP contribution in [0.4, 0.5) is 5.69 Å². The van der Waals surface area contributed by atoms with Gasteiger partial charge in [0.25, 0.3) is 0 Å². The predicted octanol–water partition coefficient (Wildman–Crippen LogP) is 2.47. The summed E-state index contributed by atoms with van der Waals surface area (Å²) in [6, 6.07) is 10.3. The van der Waals surface area contributed by atoms with Gasteiger partial charge in [0.15, 0.2) is 5.78 Å². The normalized spacial score (nSPS) is 17.1. The van der Waals surface area contributed by atoms with Gasteiger partial charge in [-0.3, -0.25) is 14.4 Å². The second-order valence-corrected chi connectivity index (χ2v) is 5.88. The fourth-order valence-electron chi connectivity index (χ4n) is 2.75. The van der Waals surface area contributed by atoms with Gasteiger partial charge in [-0.1, -0.05) is 12.1 Å². The molecule has 0 spiro atoms. The molecule has 3 rings (SSSR count). The van der Waals surface area contributed by atoms with Gasteiger partial charge < -0.3 is 14.6 Å². The number of likely N-dealkylation sites (tertiary alicyclic amines) is 1. The average Bonchev–Trinajstić information content (AvgIpc) is 3.18. The van der Waals surface area contributed by atoms with Crippen LogP contribution in [0.2, 0.25) is 0 Å². The largest absolute Gasteiger partial charge is 0.467 e. The number of furan rings is 1. The van der Waals surface area contributed by atoms with Crippen molar-refractivity contribution >= 4 is 23.3 Å². The summed E-state index contributed by atoms with van der Waals surface area (Å²) in [5.41, 5.74) is 1.10. The fourth-order valence-corrected chi connectivity index (χ4v) is 2.75. The molecule has 2 heterocycles. The third-order valence-electron chi connectivity index (χ3n) is 4.05. The summed E-state index contributed by atoms with van der Waals surface area (Å²) in [6.07, 6.45) is 1.74.